The van der Waals surface area contributed by atoms with Crippen LogP contribution >= 0.6 is 0 Å². The molecule has 0 saturated heterocycles. The predicted molar refractivity (Wildman–Crippen MR) is 97.7 cm³/mol. The van der Waals surface area contributed by atoms with Gasteiger partial charge in [0.15, 0.2) is 0 Å². The molecule has 0 bridgehead atoms. The maximum absolute atomic E-state index is 13.3. The molecule has 0 aliphatic carbocycles. The Morgan fingerprint density at radius 1 is 1.11 bits per heavy atom. The standard InChI is InChI=1S/C19H24F3N3O2/c1-5-13(4)27-17-16(19(20,21)22)12-23-18(24-17)25(6-2)14-8-10-15(11-9-14)26-7-3/h8-13H,5-7H2,1-4H3. The Hall–Kier alpha value is -2.51. The van der Waals surface area contributed by atoms with Crippen LogP contribution in [0.4, 0.5) is 24.8 Å². The fourth-order valence-electron chi connectivity index (χ4n) is 2.37. The Morgan fingerprint density at radius 2 is 1.78 bits per heavy atom. The van der Waals surface area contributed by atoms with Crippen LogP contribution < -0.4 is 14.4 Å². The molecule has 2 aromatic rings. The first kappa shape index (κ1) is 20.8. The van der Waals surface area contributed by atoms with Crippen LogP contribution in [0.15, 0.2) is 30.5 Å². The van der Waals surface area contributed by atoms with Crippen molar-refractivity contribution in [2.24, 2.45) is 0 Å². The van der Waals surface area contributed by atoms with E-state index in [2.05, 4.69) is 9.97 Å². The van der Waals surface area contributed by atoms with Crippen molar-refractivity contribution in [2.45, 2.75) is 46.4 Å². The van der Waals surface area contributed by atoms with Gasteiger partial charge >= 0.3 is 6.18 Å². The molecule has 1 unspecified atom stereocenters. The van der Waals surface area contributed by atoms with Crippen molar-refractivity contribution in [3.8, 4) is 11.6 Å². The van der Waals surface area contributed by atoms with Gasteiger partial charge in [0, 0.05) is 18.4 Å². The third kappa shape index (κ3) is 5.24. The van der Waals surface area contributed by atoms with Crippen molar-refractivity contribution >= 4 is 11.6 Å². The van der Waals surface area contributed by atoms with Gasteiger partial charge in [-0.2, -0.15) is 18.2 Å². The number of aromatic nitrogens is 2. The highest BCUT2D eigenvalue weighted by Crippen LogP contribution is 2.36. The lowest BCUT2D eigenvalue weighted by molar-refractivity contribution is -0.139. The van der Waals surface area contributed by atoms with Crippen LogP contribution in [-0.2, 0) is 6.18 Å². The van der Waals surface area contributed by atoms with Crippen molar-refractivity contribution in [1.82, 2.24) is 9.97 Å². The molecule has 0 aliphatic heterocycles. The molecule has 1 aromatic heterocycles. The van der Waals surface area contributed by atoms with E-state index in [0.29, 0.717) is 25.3 Å². The summed E-state index contributed by atoms with van der Waals surface area (Å²) >= 11 is 0. The zero-order valence-corrected chi connectivity index (χ0v) is 15.9. The minimum absolute atomic E-state index is 0.146. The number of alkyl halides is 3. The number of nitrogens with zero attached hydrogens (tertiary/aromatic N) is 3. The van der Waals surface area contributed by atoms with Gasteiger partial charge in [-0.3, -0.25) is 0 Å². The molecule has 27 heavy (non-hydrogen) atoms. The molecule has 1 aromatic carbocycles. The zero-order chi connectivity index (χ0) is 20.0. The predicted octanol–water partition coefficient (Wildman–Crippen LogP) is 5.23. The van der Waals surface area contributed by atoms with Crippen LogP contribution in [0.2, 0.25) is 0 Å². The molecule has 0 amide bonds. The summed E-state index contributed by atoms with van der Waals surface area (Å²) in [7, 11) is 0. The average Bonchev–Trinajstić information content (AvgIpc) is 2.63. The van der Waals surface area contributed by atoms with E-state index in [1.807, 2.05) is 32.9 Å². The molecular weight excluding hydrogens is 359 g/mol. The van der Waals surface area contributed by atoms with Gasteiger partial charge in [0.1, 0.15) is 11.3 Å². The molecule has 0 radical (unpaired) electrons. The molecule has 1 atom stereocenters. The summed E-state index contributed by atoms with van der Waals surface area (Å²) in [5, 5.41) is 0. The van der Waals surface area contributed by atoms with Gasteiger partial charge in [0.25, 0.3) is 0 Å². The largest absolute Gasteiger partial charge is 0.494 e. The summed E-state index contributed by atoms with van der Waals surface area (Å²) < 4.78 is 50.6. The lowest BCUT2D eigenvalue weighted by Crippen LogP contribution is -2.22. The van der Waals surface area contributed by atoms with Gasteiger partial charge in [-0.1, -0.05) is 6.92 Å². The first-order valence-electron chi connectivity index (χ1n) is 8.91. The second kappa shape index (κ2) is 8.92. The van der Waals surface area contributed by atoms with E-state index in [9.17, 15) is 13.2 Å². The second-order valence-electron chi connectivity index (χ2n) is 5.89. The van der Waals surface area contributed by atoms with E-state index in [1.54, 1.807) is 24.0 Å². The summed E-state index contributed by atoms with van der Waals surface area (Å²) in [4.78, 5) is 9.71. The van der Waals surface area contributed by atoms with Crippen LogP contribution in [0.5, 0.6) is 11.6 Å². The Balaban J connectivity index is 2.40. The SMILES string of the molecule is CCOc1ccc(N(CC)c2ncc(C(F)(F)F)c(OC(C)CC)n2)cc1. The second-order valence-corrected chi connectivity index (χ2v) is 5.89. The first-order chi connectivity index (χ1) is 12.8. The van der Waals surface area contributed by atoms with Crippen molar-refractivity contribution in [3.63, 3.8) is 0 Å². The van der Waals surface area contributed by atoms with Crippen molar-refractivity contribution in [3.05, 3.63) is 36.0 Å². The maximum Gasteiger partial charge on any atom is 0.423 e. The molecule has 5 nitrogen and oxygen atoms in total. The van der Waals surface area contributed by atoms with Crippen molar-refractivity contribution < 1.29 is 22.6 Å². The molecule has 148 valence electrons. The number of anilines is 2. The van der Waals surface area contributed by atoms with E-state index in [-0.39, 0.29) is 5.95 Å². The van der Waals surface area contributed by atoms with Crippen LogP contribution in [0.3, 0.4) is 0 Å². The van der Waals surface area contributed by atoms with Gasteiger partial charge in [0.2, 0.25) is 11.8 Å². The van der Waals surface area contributed by atoms with Crippen molar-refractivity contribution in [1.29, 1.82) is 0 Å². The average molecular weight is 383 g/mol. The van der Waals surface area contributed by atoms with Gasteiger partial charge < -0.3 is 14.4 Å². The lowest BCUT2D eigenvalue weighted by Gasteiger charge is -2.23. The van der Waals surface area contributed by atoms with Crippen LogP contribution in [-0.4, -0.2) is 29.2 Å². The van der Waals surface area contributed by atoms with Gasteiger partial charge in [0.05, 0.1) is 12.7 Å². The van der Waals surface area contributed by atoms with E-state index < -0.39 is 23.7 Å². The number of hydrogen-bond acceptors (Lipinski definition) is 5. The fourth-order valence-corrected chi connectivity index (χ4v) is 2.37. The van der Waals surface area contributed by atoms with E-state index in [4.69, 9.17) is 9.47 Å². The zero-order valence-electron chi connectivity index (χ0n) is 15.9. The minimum atomic E-state index is -4.59. The normalized spacial score (nSPS) is 12.6. The molecular formula is C19H24F3N3O2. The van der Waals surface area contributed by atoms with E-state index in [1.165, 1.54) is 0 Å². The summed E-state index contributed by atoms with van der Waals surface area (Å²) in [5.74, 6) is 0.408. The number of hydrogen-bond donors (Lipinski definition) is 0. The summed E-state index contributed by atoms with van der Waals surface area (Å²) in [6, 6.07) is 7.21. The highest BCUT2D eigenvalue weighted by molar-refractivity contribution is 5.58. The number of rotatable bonds is 8. The van der Waals surface area contributed by atoms with Gasteiger partial charge in [-0.05, 0) is 51.5 Å². The van der Waals surface area contributed by atoms with Crippen LogP contribution in [0, 0.1) is 0 Å². The molecule has 0 fully saturated rings. The molecule has 0 N–H and O–H groups in total. The molecule has 0 aliphatic rings. The Morgan fingerprint density at radius 3 is 2.30 bits per heavy atom. The van der Waals surface area contributed by atoms with Crippen molar-refractivity contribution in [2.75, 3.05) is 18.1 Å². The van der Waals surface area contributed by atoms with E-state index >= 15 is 0 Å². The minimum Gasteiger partial charge on any atom is -0.494 e. The van der Waals surface area contributed by atoms with Crippen LogP contribution in [0.1, 0.15) is 39.7 Å². The molecule has 2 rings (SSSR count). The Bertz CT molecular complexity index is 736. The highest BCUT2D eigenvalue weighted by Gasteiger charge is 2.37. The molecule has 0 spiro atoms. The number of benzene rings is 1. The molecule has 8 heteroatoms. The number of ether oxygens (including phenoxy) is 2. The quantitative estimate of drug-likeness (QED) is 0.625. The molecule has 0 saturated carbocycles. The summed E-state index contributed by atoms with van der Waals surface area (Å²) in [5.41, 5.74) is -0.232. The Labute approximate surface area is 157 Å². The van der Waals surface area contributed by atoms with Gasteiger partial charge in [-0.25, -0.2) is 4.98 Å². The highest BCUT2D eigenvalue weighted by atomic mass is 19.4. The number of halogens is 3. The van der Waals surface area contributed by atoms with E-state index in [0.717, 1.165) is 11.9 Å². The summed E-state index contributed by atoms with van der Waals surface area (Å²) in [6.45, 7) is 8.31. The van der Waals surface area contributed by atoms with Crippen LogP contribution in [0.25, 0.3) is 0 Å². The topological polar surface area (TPSA) is 47.5 Å². The smallest absolute Gasteiger partial charge is 0.423 e. The third-order valence-corrected chi connectivity index (χ3v) is 3.95. The Kier molecular flexibility index (Phi) is 6.87. The lowest BCUT2D eigenvalue weighted by atomic mass is 10.2. The molecule has 1 heterocycles. The maximum atomic E-state index is 13.3. The summed E-state index contributed by atoms with van der Waals surface area (Å²) in [6.07, 6.45) is -3.64. The first-order valence-corrected chi connectivity index (χ1v) is 8.91. The van der Waals surface area contributed by atoms with Gasteiger partial charge in [-0.15, -0.1) is 0 Å². The fraction of sp³-hybridized carbons (Fsp3) is 0.474. The third-order valence-electron chi connectivity index (χ3n) is 3.95. The monoisotopic (exact) mass is 383 g/mol.